The summed E-state index contributed by atoms with van der Waals surface area (Å²) in [5, 5.41) is 10.1. The van der Waals surface area contributed by atoms with E-state index in [-0.39, 0.29) is 6.10 Å². The van der Waals surface area contributed by atoms with Crippen LogP contribution in [0.3, 0.4) is 0 Å². The lowest BCUT2D eigenvalue weighted by atomic mass is 10.3. The standard InChI is InChI=1S/C10H20N4OS/c1-8(15)5-6-14(4)7-9-11-10(13(2)3)16-12-9/h8,15H,5-7H2,1-4H3. The summed E-state index contributed by atoms with van der Waals surface area (Å²) in [5.74, 6) is 0.849. The third-order valence-corrected chi connectivity index (χ3v) is 3.10. The Morgan fingerprint density at radius 3 is 2.56 bits per heavy atom. The van der Waals surface area contributed by atoms with Crippen molar-refractivity contribution in [3.05, 3.63) is 5.82 Å². The fourth-order valence-corrected chi connectivity index (χ4v) is 1.81. The lowest BCUT2D eigenvalue weighted by Crippen LogP contribution is -2.22. The van der Waals surface area contributed by atoms with Crippen molar-refractivity contribution in [2.45, 2.75) is 26.0 Å². The van der Waals surface area contributed by atoms with Gasteiger partial charge < -0.3 is 10.0 Å². The van der Waals surface area contributed by atoms with Crippen LogP contribution >= 0.6 is 11.5 Å². The van der Waals surface area contributed by atoms with Gasteiger partial charge in [-0.05, 0) is 20.4 Å². The molecule has 6 heteroatoms. The molecular weight excluding hydrogens is 224 g/mol. The Kier molecular flexibility index (Phi) is 5.11. The highest BCUT2D eigenvalue weighted by Gasteiger charge is 2.08. The first-order chi connectivity index (χ1) is 7.49. The summed E-state index contributed by atoms with van der Waals surface area (Å²) in [4.78, 5) is 8.48. The van der Waals surface area contributed by atoms with E-state index in [0.29, 0.717) is 0 Å². The predicted octanol–water partition coefficient (Wildman–Crippen LogP) is 0.807. The summed E-state index contributed by atoms with van der Waals surface area (Å²) in [6.07, 6.45) is 0.532. The van der Waals surface area contributed by atoms with Crippen LogP contribution in [0, 0.1) is 0 Å². The Bertz CT molecular complexity index is 314. The monoisotopic (exact) mass is 244 g/mol. The minimum Gasteiger partial charge on any atom is -0.393 e. The number of aromatic nitrogens is 2. The minimum absolute atomic E-state index is 0.247. The summed E-state index contributed by atoms with van der Waals surface area (Å²) >= 11 is 1.41. The topological polar surface area (TPSA) is 52.5 Å². The predicted molar refractivity (Wildman–Crippen MR) is 66.9 cm³/mol. The molecule has 0 saturated heterocycles. The second-order valence-electron chi connectivity index (χ2n) is 4.26. The highest BCUT2D eigenvalue weighted by molar-refractivity contribution is 7.09. The number of aliphatic hydroxyl groups excluding tert-OH is 1. The van der Waals surface area contributed by atoms with Crippen LogP contribution < -0.4 is 4.90 Å². The van der Waals surface area contributed by atoms with Gasteiger partial charge in [-0.3, -0.25) is 4.90 Å². The van der Waals surface area contributed by atoms with E-state index in [9.17, 15) is 5.11 Å². The zero-order valence-corrected chi connectivity index (χ0v) is 11.2. The van der Waals surface area contributed by atoms with Gasteiger partial charge in [0.25, 0.3) is 0 Å². The van der Waals surface area contributed by atoms with Gasteiger partial charge in [0.05, 0.1) is 12.6 Å². The molecule has 92 valence electrons. The van der Waals surface area contributed by atoms with E-state index < -0.39 is 0 Å². The first kappa shape index (κ1) is 13.3. The molecule has 0 aromatic carbocycles. The lowest BCUT2D eigenvalue weighted by molar-refractivity contribution is 0.162. The Hall–Kier alpha value is -0.720. The van der Waals surface area contributed by atoms with Gasteiger partial charge in [0.1, 0.15) is 0 Å². The smallest absolute Gasteiger partial charge is 0.204 e. The zero-order valence-electron chi connectivity index (χ0n) is 10.3. The van der Waals surface area contributed by atoms with Crippen LogP contribution in [0.4, 0.5) is 5.13 Å². The summed E-state index contributed by atoms with van der Waals surface area (Å²) in [7, 11) is 5.93. The largest absolute Gasteiger partial charge is 0.393 e. The van der Waals surface area contributed by atoms with E-state index in [2.05, 4.69) is 14.3 Å². The molecule has 0 aliphatic rings. The molecule has 0 saturated carbocycles. The van der Waals surface area contributed by atoms with Gasteiger partial charge in [-0.2, -0.15) is 4.37 Å². The molecule has 0 amide bonds. The van der Waals surface area contributed by atoms with E-state index in [4.69, 9.17) is 0 Å². The molecule has 1 aromatic heterocycles. The van der Waals surface area contributed by atoms with Gasteiger partial charge in [0.15, 0.2) is 5.82 Å². The molecule has 0 aliphatic heterocycles. The Morgan fingerprint density at radius 2 is 2.06 bits per heavy atom. The number of nitrogens with zero attached hydrogens (tertiary/aromatic N) is 4. The van der Waals surface area contributed by atoms with Gasteiger partial charge in [-0.15, -0.1) is 0 Å². The Morgan fingerprint density at radius 1 is 1.38 bits per heavy atom. The number of hydrogen-bond donors (Lipinski definition) is 1. The number of anilines is 1. The summed E-state index contributed by atoms with van der Waals surface area (Å²) in [6.45, 7) is 3.39. The lowest BCUT2D eigenvalue weighted by Gasteiger charge is -2.15. The van der Waals surface area contributed by atoms with Crippen molar-refractivity contribution < 1.29 is 5.11 Å². The number of hydrogen-bond acceptors (Lipinski definition) is 6. The van der Waals surface area contributed by atoms with Crippen LogP contribution in [0.5, 0.6) is 0 Å². The van der Waals surface area contributed by atoms with Crippen LogP contribution in [0.25, 0.3) is 0 Å². The summed E-state index contributed by atoms with van der Waals surface area (Å²) in [6, 6.07) is 0. The van der Waals surface area contributed by atoms with Gasteiger partial charge in [-0.1, -0.05) is 0 Å². The molecule has 0 bridgehead atoms. The summed E-state index contributed by atoms with van der Waals surface area (Å²) in [5.41, 5.74) is 0. The maximum absolute atomic E-state index is 9.18. The molecule has 1 rings (SSSR count). The zero-order chi connectivity index (χ0) is 12.1. The van der Waals surface area contributed by atoms with Gasteiger partial charge in [-0.25, -0.2) is 4.98 Å². The molecule has 1 N–H and O–H groups in total. The molecule has 0 fully saturated rings. The molecule has 0 radical (unpaired) electrons. The molecule has 16 heavy (non-hydrogen) atoms. The molecule has 1 aromatic rings. The fraction of sp³-hybridized carbons (Fsp3) is 0.800. The van der Waals surface area contributed by atoms with Gasteiger partial charge in [0, 0.05) is 32.2 Å². The quantitative estimate of drug-likeness (QED) is 0.802. The molecule has 0 spiro atoms. The van der Waals surface area contributed by atoms with Crippen molar-refractivity contribution >= 4 is 16.7 Å². The number of aliphatic hydroxyl groups is 1. The molecule has 0 aliphatic carbocycles. The minimum atomic E-state index is -0.247. The molecular formula is C10H20N4OS. The molecule has 5 nitrogen and oxygen atoms in total. The maximum atomic E-state index is 9.18. The van der Waals surface area contributed by atoms with Crippen LogP contribution in [0.1, 0.15) is 19.2 Å². The third-order valence-electron chi connectivity index (χ3n) is 2.18. The van der Waals surface area contributed by atoms with Crippen molar-refractivity contribution in [1.82, 2.24) is 14.3 Å². The first-order valence-electron chi connectivity index (χ1n) is 5.35. The number of rotatable bonds is 6. The second kappa shape index (κ2) is 6.12. The van der Waals surface area contributed by atoms with Gasteiger partial charge in [0.2, 0.25) is 5.13 Å². The van der Waals surface area contributed by atoms with E-state index >= 15 is 0 Å². The molecule has 1 heterocycles. The SMILES string of the molecule is CC(O)CCN(C)Cc1nsc(N(C)C)n1. The van der Waals surface area contributed by atoms with Crippen LogP contribution in [-0.4, -0.2) is 53.2 Å². The molecule has 1 atom stereocenters. The van der Waals surface area contributed by atoms with Crippen molar-refractivity contribution in [2.24, 2.45) is 0 Å². The maximum Gasteiger partial charge on any atom is 0.204 e. The van der Waals surface area contributed by atoms with E-state index in [1.807, 2.05) is 26.0 Å². The fourth-order valence-electron chi connectivity index (χ4n) is 1.22. The average Bonchev–Trinajstić information content (AvgIpc) is 2.63. The average molecular weight is 244 g/mol. The Balaban J connectivity index is 2.40. The van der Waals surface area contributed by atoms with Crippen LogP contribution in [-0.2, 0) is 6.54 Å². The molecule has 1 unspecified atom stereocenters. The van der Waals surface area contributed by atoms with Crippen molar-refractivity contribution in [1.29, 1.82) is 0 Å². The van der Waals surface area contributed by atoms with E-state index in [0.717, 1.165) is 30.5 Å². The second-order valence-corrected chi connectivity index (χ2v) is 4.99. The van der Waals surface area contributed by atoms with Crippen LogP contribution in [0.15, 0.2) is 0 Å². The van der Waals surface area contributed by atoms with Crippen molar-refractivity contribution in [3.63, 3.8) is 0 Å². The normalized spacial score (nSPS) is 13.1. The highest BCUT2D eigenvalue weighted by Crippen LogP contribution is 2.14. The third kappa shape index (κ3) is 4.42. The first-order valence-corrected chi connectivity index (χ1v) is 6.13. The van der Waals surface area contributed by atoms with Crippen LogP contribution in [0.2, 0.25) is 0 Å². The highest BCUT2D eigenvalue weighted by atomic mass is 32.1. The van der Waals surface area contributed by atoms with Crippen molar-refractivity contribution in [2.75, 3.05) is 32.6 Å². The summed E-state index contributed by atoms with van der Waals surface area (Å²) < 4.78 is 4.29. The van der Waals surface area contributed by atoms with Gasteiger partial charge >= 0.3 is 0 Å². The van der Waals surface area contributed by atoms with Crippen molar-refractivity contribution in [3.8, 4) is 0 Å². The Labute approximate surface area is 101 Å². The van der Waals surface area contributed by atoms with E-state index in [1.54, 1.807) is 6.92 Å². The van der Waals surface area contributed by atoms with E-state index in [1.165, 1.54) is 11.5 Å².